The fraction of sp³-hybridized carbons (Fsp3) is 0.143. The summed E-state index contributed by atoms with van der Waals surface area (Å²) in [6.45, 7) is 0. The average molecular weight is 507 g/mol. The molecule has 0 spiro atoms. The van der Waals surface area contributed by atoms with Gasteiger partial charge in [0.1, 0.15) is 17.4 Å². The Morgan fingerprint density at radius 1 is 0.971 bits per heavy atom. The van der Waals surface area contributed by atoms with Crippen molar-refractivity contribution in [3.8, 4) is 0 Å². The van der Waals surface area contributed by atoms with Gasteiger partial charge in [0.25, 0.3) is 0 Å². The van der Waals surface area contributed by atoms with E-state index in [1.165, 1.54) is 12.1 Å². The molecular weight excluding hydrogens is 486 g/mol. The van der Waals surface area contributed by atoms with Crippen LogP contribution in [0.5, 0.6) is 0 Å². The highest BCUT2D eigenvalue weighted by molar-refractivity contribution is 6.35. The van der Waals surface area contributed by atoms with Gasteiger partial charge in [0.15, 0.2) is 5.78 Å². The second-order valence-corrected chi connectivity index (χ2v) is 9.43. The molecule has 0 saturated carbocycles. The molecule has 2 aliphatic rings. The molecular formula is C28H21Cl2FN2O2. The van der Waals surface area contributed by atoms with E-state index in [1.807, 2.05) is 6.07 Å². The number of rotatable bonds is 3. The van der Waals surface area contributed by atoms with E-state index >= 15 is 0 Å². The number of halogens is 3. The third kappa shape index (κ3) is 4.26. The molecule has 3 aromatic rings. The van der Waals surface area contributed by atoms with Crippen LogP contribution in [0.1, 0.15) is 36.3 Å². The summed E-state index contributed by atoms with van der Waals surface area (Å²) in [7, 11) is 0. The number of hydrogen-bond acceptors (Lipinski definition) is 3. The average Bonchev–Trinajstić information content (AvgIpc) is 2.83. The maximum atomic E-state index is 13.8. The molecule has 5 rings (SSSR count). The van der Waals surface area contributed by atoms with E-state index in [-0.39, 0.29) is 23.0 Å². The van der Waals surface area contributed by atoms with Gasteiger partial charge in [-0.1, -0.05) is 65.7 Å². The lowest BCUT2D eigenvalue weighted by molar-refractivity contribution is -0.116. The van der Waals surface area contributed by atoms with Crippen molar-refractivity contribution in [1.29, 1.82) is 5.41 Å². The van der Waals surface area contributed by atoms with Crippen LogP contribution < -0.4 is 4.90 Å². The van der Waals surface area contributed by atoms with Crippen molar-refractivity contribution in [3.05, 3.63) is 117 Å². The van der Waals surface area contributed by atoms with E-state index in [2.05, 4.69) is 0 Å². The first-order valence-electron chi connectivity index (χ1n) is 11.2. The Hall–Kier alpha value is -3.41. The predicted molar refractivity (Wildman–Crippen MR) is 138 cm³/mol. The van der Waals surface area contributed by atoms with E-state index in [0.717, 1.165) is 0 Å². The number of aliphatic hydroxyl groups excluding tert-OH is 1. The van der Waals surface area contributed by atoms with E-state index in [9.17, 15) is 19.7 Å². The van der Waals surface area contributed by atoms with Crippen molar-refractivity contribution in [2.24, 2.45) is 0 Å². The molecule has 0 amide bonds. The number of ketones is 1. The lowest BCUT2D eigenvalue weighted by atomic mass is 9.73. The second kappa shape index (κ2) is 9.33. The number of hydrogen-bond donors (Lipinski definition) is 2. The van der Waals surface area contributed by atoms with Crippen LogP contribution in [0.4, 0.5) is 10.1 Å². The minimum atomic E-state index is -0.725. The summed E-state index contributed by atoms with van der Waals surface area (Å²) in [5.41, 5.74) is 3.09. The van der Waals surface area contributed by atoms with Crippen LogP contribution in [0.25, 0.3) is 5.76 Å². The van der Waals surface area contributed by atoms with Gasteiger partial charge in [-0.25, -0.2) is 4.39 Å². The van der Waals surface area contributed by atoms with Crippen molar-refractivity contribution in [3.63, 3.8) is 0 Å². The number of amidine groups is 1. The fourth-order valence-electron chi connectivity index (χ4n) is 4.89. The number of benzene rings is 3. The van der Waals surface area contributed by atoms with E-state index in [0.29, 0.717) is 57.4 Å². The number of anilines is 1. The van der Waals surface area contributed by atoms with Gasteiger partial charge in [0.2, 0.25) is 0 Å². The number of nitrogens with one attached hydrogen (secondary N) is 1. The third-order valence-electron chi connectivity index (χ3n) is 6.37. The van der Waals surface area contributed by atoms with Gasteiger partial charge in [0, 0.05) is 44.8 Å². The van der Waals surface area contributed by atoms with Crippen molar-refractivity contribution in [2.45, 2.75) is 25.2 Å². The van der Waals surface area contributed by atoms with Crippen molar-refractivity contribution in [2.75, 3.05) is 4.90 Å². The molecule has 0 radical (unpaired) electrons. The van der Waals surface area contributed by atoms with E-state index in [1.54, 1.807) is 59.5 Å². The first-order chi connectivity index (χ1) is 16.8. The Kier molecular flexibility index (Phi) is 6.22. The zero-order chi connectivity index (χ0) is 24.7. The number of Topliss-reactive ketones (excluding diaryl/α,β-unsaturated/α-hetero) is 1. The van der Waals surface area contributed by atoms with E-state index < -0.39 is 11.7 Å². The summed E-state index contributed by atoms with van der Waals surface area (Å²) >= 11 is 12.6. The largest absolute Gasteiger partial charge is 0.507 e. The number of nitrogens with zero attached hydrogens (tertiary/aromatic N) is 1. The summed E-state index contributed by atoms with van der Waals surface area (Å²) in [6, 6.07) is 19.7. The molecule has 7 heteroatoms. The Labute approximate surface area is 212 Å². The van der Waals surface area contributed by atoms with Crippen LogP contribution in [-0.4, -0.2) is 16.7 Å². The first-order valence-corrected chi connectivity index (χ1v) is 12.0. The number of aliphatic hydroxyl groups is 1. The molecule has 0 fully saturated rings. The summed E-state index contributed by atoms with van der Waals surface area (Å²) in [4.78, 5) is 15.1. The number of carbonyl (C=O) groups excluding carboxylic acids is 1. The molecule has 2 N–H and O–H groups in total. The minimum absolute atomic E-state index is 0.00691. The maximum absolute atomic E-state index is 13.8. The monoisotopic (exact) mass is 506 g/mol. The van der Waals surface area contributed by atoms with E-state index in [4.69, 9.17) is 23.2 Å². The molecule has 0 bridgehead atoms. The molecule has 1 unspecified atom stereocenters. The van der Waals surface area contributed by atoms with Crippen molar-refractivity contribution >= 4 is 46.3 Å². The van der Waals surface area contributed by atoms with Gasteiger partial charge in [-0.2, -0.15) is 0 Å². The summed E-state index contributed by atoms with van der Waals surface area (Å²) in [5.74, 6) is -1.31. The van der Waals surface area contributed by atoms with Crippen molar-refractivity contribution in [1.82, 2.24) is 0 Å². The van der Waals surface area contributed by atoms with Crippen LogP contribution in [0.2, 0.25) is 10.0 Å². The van der Waals surface area contributed by atoms with Gasteiger partial charge in [-0.15, -0.1) is 0 Å². The Balaban J connectivity index is 1.84. The Morgan fingerprint density at radius 3 is 2.29 bits per heavy atom. The quantitative estimate of drug-likeness (QED) is 0.357. The van der Waals surface area contributed by atoms with Crippen LogP contribution in [-0.2, 0) is 4.79 Å². The smallest absolute Gasteiger partial charge is 0.161 e. The molecule has 1 aliphatic carbocycles. The fourth-order valence-corrected chi connectivity index (χ4v) is 5.40. The lowest BCUT2D eigenvalue weighted by Gasteiger charge is -2.42. The topological polar surface area (TPSA) is 64.4 Å². The minimum Gasteiger partial charge on any atom is -0.507 e. The Bertz CT molecular complexity index is 1380. The molecule has 0 aromatic heterocycles. The van der Waals surface area contributed by atoms with Crippen LogP contribution in [0.3, 0.4) is 0 Å². The number of carbonyl (C=O) groups is 1. The van der Waals surface area contributed by atoms with Gasteiger partial charge >= 0.3 is 0 Å². The summed E-state index contributed by atoms with van der Waals surface area (Å²) in [5, 5.41) is 21.6. The highest BCUT2D eigenvalue weighted by atomic mass is 35.5. The second-order valence-electron chi connectivity index (χ2n) is 8.56. The molecule has 3 aromatic carbocycles. The molecule has 35 heavy (non-hydrogen) atoms. The van der Waals surface area contributed by atoms with Gasteiger partial charge in [0.05, 0.1) is 5.69 Å². The first kappa shape index (κ1) is 23.3. The van der Waals surface area contributed by atoms with Crippen LogP contribution >= 0.6 is 23.2 Å². The number of allylic oxidation sites excluding steroid dienone is 2. The zero-order valence-corrected chi connectivity index (χ0v) is 20.1. The SMILES string of the molecule is N=C1/C(=C(/O)c2ccccc2)C(c2ccc(F)cc2)C2=C(CCCC2=O)N1c1cc(Cl)cc(Cl)c1. The van der Waals surface area contributed by atoms with Crippen LogP contribution in [0, 0.1) is 11.2 Å². The van der Waals surface area contributed by atoms with Gasteiger partial charge < -0.3 is 5.11 Å². The molecule has 4 nitrogen and oxygen atoms in total. The maximum Gasteiger partial charge on any atom is 0.161 e. The Morgan fingerprint density at radius 2 is 1.63 bits per heavy atom. The highest BCUT2D eigenvalue weighted by Crippen LogP contribution is 2.48. The molecule has 1 atom stereocenters. The lowest BCUT2D eigenvalue weighted by Crippen LogP contribution is -2.42. The van der Waals surface area contributed by atoms with Gasteiger partial charge in [-0.3, -0.25) is 15.1 Å². The highest BCUT2D eigenvalue weighted by Gasteiger charge is 2.43. The summed E-state index contributed by atoms with van der Waals surface area (Å²) < 4.78 is 13.8. The third-order valence-corrected chi connectivity index (χ3v) is 6.80. The molecule has 1 heterocycles. The molecule has 1 aliphatic heterocycles. The van der Waals surface area contributed by atoms with Crippen molar-refractivity contribution < 1.29 is 14.3 Å². The molecule has 0 saturated heterocycles. The predicted octanol–water partition coefficient (Wildman–Crippen LogP) is 7.69. The standard InChI is InChI=1S/C28H21Cl2FN2O2/c29-18-13-19(30)15-21(14-18)33-22-7-4-8-23(34)25(22)24(16-9-11-20(31)12-10-16)26(28(33)32)27(35)17-5-2-1-3-6-17/h1-3,5-6,9-15,24,32,35H,4,7-8H2/b27-26+,32-28?. The van der Waals surface area contributed by atoms with Gasteiger partial charge in [-0.05, 0) is 48.7 Å². The summed E-state index contributed by atoms with van der Waals surface area (Å²) in [6.07, 6.45) is 1.55. The zero-order valence-electron chi connectivity index (χ0n) is 18.6. The normalized spacial score (nSPS) is 19.6. The van der Waals surface area contributed by atoms with Crippen LogP contribution in [0.15, 0.2) is 89.6 Å². The molecule has 176 valence electrons.